The van der Waals surface area contributed by atoms with E-state index in [0.717, 1.165) is 11.1 Å². The second kappa shape index (κ2) is 14.2. The number of fused-ring (bicyclic) bond motifs is 1. The Bertz CT molecular complexity index is 1130. The third-order valence-corrected chi connectivity index (χ3v) is 7.66. The van der Waals surface area contributed by atoms with Crippen LogP contribution in [0, 0.1) is 0 Å². The Morgan fingerprint density at radius 1 is 0.900 bits per heavy atom. The van der Waals surface area contributed by atoms with Crippen LogP contribution in [-0.2, 0) is 27.2 Å². The van der Waals surface area contributed by atoms with Gasteiger partial charge in [0.1, 0.15) is 24.1 Å². The normalized spacial score (nSPS) is 25.8. The number of ether oxygens (including phenoxy) is 1. The fourth-order valence-electron chi connectivity index (χ4n) is 5.44. The lowest BCUT2D eigenvalue weighted by Crippen LogP contribution is -2.63. The Morgan fingerprint density at radius 3 is 2.30 bits per heavy atom. The van der Waals surface area contributed by atoms with Gasteiger partial charge in [-0.3, -0.25) is 19.7 Å². The summed E-state index contributed by atoms with van der Waals surface area (Å²) in [4.78, 5) is 42.6. The highest BCUT2D eigenvalue weighted by Crippen LogP contribution is 2.22. The third-order valence-electron chi connectivity index (χ3n) is 7.66. The van der Waals surface area contributed by atoms with Crippen molar-refractivity contribution < 1.29 is 29.3 Å². The fourth-order valence-corrected chi connectivity index (χ4v) is 5.44. The molecule has 0 spiro atoms. The van der Waals surface area contributed by atoms with Crippen molar-refractivity contribution >= 4 is 17.7 Å². The van der Waals surface area contributed by atoms with Crippen LogP contribution in [0.4, 0.5) is 0 Å². The van der Waals surface area contributed by atoms with Gasteiger partial charge in [0.25, 0.3) is 0 Å². The number of rotatable bonds is 9. The van der Waals surface area contributed by atoms with Gasteiger partial charge in [-0.2, -0.15) is 0 Å². The molecule has 5 N–H and O–H groups in total. The molecule has 2 saturated heterocycles. The number of aliphatic hydroxyl groups excluding tert-OH is 2. The van der Waals surface area contributed by atoms with Crippen molar-refractivity contribution in [3.63, 3.8) is 0 Å². The minimum absolute atomic E-state index is 0.000395. The molecule has 0 saturated carbocycles. The van der Waals surface area contributed by atoms with Crippen molar-refractivity contribution in [2.75, 3.05) is 20.3 Å². The Morgan fingerprint density at radius 2 is 1.60 bits per heavy atom. The zero-order valence-corrected chi connectivity index (χ0v) is 22.9. The molecule has 5 atom stereocenters. The molecule has 2 aliphatic heterocycles. The number of carbonyl (C=O) groups is 3. The number of amides is 3. The van der Waals surface area contributed by atoms with Gasteiger partial charge in [-0.15, -0.1) is 0 Å². The molecule has 10 heteroatoms. The molecule has 10 nitrogen and oxygen atoms in total. The van der Waals surface area contributed by atoms with Gasteiger partial charge in [0, 0.05) is 19.6 Å². The number of unbranched alkanes of at least 4 members (excludes halogenated alkanes) is 1. The summed E-state index contributed by atoms with van der Waals surface area (Å²) >= 11 is 0. The monoisotopic (exact) mass is 552 g/mol. The summed E-state index contributed by atoms with van der Waals surface area (Å²) in [7, 11) is 1.58. The van der Waals surface area contributed by atoms with E-state index in [0.29, 0.717) is 44.4 Å². The molecule has 3 amide bonds. The van der Waals surface area contributed by atoms with Crippen LogP contribution in [0.1, 0.15) is 43.2 Å². The van der Waals surface area contributed by atoms with Crippen molar-refractivity contribution in [1.29, 1.82) is 0 Å². The van der Waals surface area contributed by atoms with Crippen molar-refractivity contribution in [3.8, 4) is 5.75 Å². The number of carbonyl (C=O) groups excluding carboxylic acids is 3. The molecule has 0 radical (unpaired) electrons. The summed E-state index contributed by atoms with van der Waals surface area (Å²) in [6.45, 7) is 0.420. The number of hydrogen-bond acceptors (Lipinski definition) is 7. The maximum absolute atomic E-state index is 13.9. The molecule has 2 aliphatic rings. The Balaban J connectivity index is 1.65. The summed E-state index contributed by atoms with van der Waals surface area (Å²) in [6.07, 6.45) is 1.96. The highest BCUT2D eigenvalue weighted by molar-refractivity contribution is 5.94. The van der Waals surface area contributed by atoms with E-state index in [4.69, 9.17) is 4.74 Å². The summed E-state index contributed by atoms with van der Waals surface area (Å²) in [5.74, 6) is -0.352. The van der Waals surface area contributed by atoms with Crippen molar-refractivity contribution in [2.45, 2.75) is 75.3 Å². The zero-order valence-electron chi connectivity index (χ0n) is 22.9. The molecule has 40 heavy (non-hydrogen) atoms. The number of methoxy groups -OCH3 is 1. The lowest BCUT2D eigenvalue weighted by molar-refractivity contribution is -0.143. The van der Waals surface area contributed by atoms with Crippen LogP contribution in [0.3, 0.4) is 0 Å². The van der Waals surface area contributed by atoms with Crippen LogP contribution in [-0.4, -0.2) is 83.5 Å². The Labute approximate surface area is 235 Å². The molecule has 2 aromatic carbocycles. The van der Waals surface area contributed by atoms with Crippen LogP contribution in [0.5, 0.6) is 5.75 Å². The van der Waals surface area contributed by atoms with Crippen LogP contribution in [0.2, 0.25) is 0 Å². The molecule has 4 rings (SSSR count). The molecule has 0 aliphatic carbocycles. The first-order valence-corrected chi connectivity index (χ1v) is 14.0. The lowest BCUT2D eigenvalue weighted by Gasteiger charge is -2.34. The molecule has 2 aromatic rings. The second-order valence-electron chi connectivity index (χ2n) is 10.5. The number of aliphatic hydroxyl groups is 2. The molecular weight excluding hydrogens is 512 g/mol. The van der Waals surface area contributed by atoms with Crippen molar-refractivity contribution in [2.24, 2.45) is 0 Å². The molecule has 0 aromatic heterocycles. The number of hydrogen-bond donors (Lipinski definition) is 5. The zero-order chi connectivity index (χ0) is 28.5. The molecule has 2 heterocycles. The number of nitrogens with zero attached hydrogens (tertiary/aromatic N) is 1. The SMILES string of the molecule is COc1ccc(C[C@H]2NC(O)[C@H](CCCCO)NC(=O)[C@H]3CCCN3C(=O)[C@H](Cc3ccccc3)NC2=O)cc1. The summed E-state index contributed by atoms with van der Waals surface area (Å²) in [5, 5.41) is 29.4. The van der Waals surface area contributed by atoms with Crippen LogP contribution < -0.4 is 20.7 Å². The van der Waals surface area contributed by atoms with E-state index in [1.54, 1.807) is 24.1 Å². The minimum atomic E-state index is -1.23. The molecular formula is C30H40N4O6. The van der Waals surface area contributed by atoms with E-state index in [1.165, 1.54) is 0 Å². The average Bonchev–Trinajstić information content (AvgIpc) is 3.46. The van der Waals surface area contributed by atoms with Gasteiger partial charge >= 0.3 is 0 Å². The van der Waals surface area contributed by atoms with Crippen molar-refractivity contribution in [3.05, 3.63) is 65.7 Å². The second-order valence-corrected chi connectivity index (χ2v) is 10.5. The topological polar surface area (TPSA) is 140 Å². The lowest BCUT2D eigenvalue weighted by atomic mass is 10.00. The van der Waals surface area contributed by atoms with Crippen LogP contribution >= 0.6 is 0 Å². The summed E-state index contributed by atoms with van der Waals surface area (Å²) in [5.41, 5.74) is 1.72. The molecule has 0 bridgehead atoms. The van der Waals surface area contributed by atoms with Crippen molar-refractivity contribution in [1.82, 2.24) is 20.9 Å². The molecule has 2 fully saturated rings. The van der Waals surface area contributed by atoms with Gasteiger partial charge in [0.15, 0.2) is 0 Å². The largest absolute Gasteiger partial charge is 0.497 e. The maximum Gasteiger partial charge on any atom is 0.246 e. The summed E-state index contributed by atoms with van der Waals surface area (Å²) < 4.78 is 5.24. The predicted octanol–water partition coefficient (Wildman–Crippen LogP) is 0.894. The standard InChI is InChI=1S/C30H40N4O6/c1-40-22-14-12-21(13-15-22)18-24-28(37)33-25(19-20-8-3-2-4-9-20)30(39)34-16-7-11-26(34)29(38)31-23(27(36)32-24)10-5-6-17-35/h2-4,8-9,12-15,23-27,32,35-36H,5-7,10-11,16-19H2,1H3,(H,31,38)(H,33,37)/t23-,24+,25-,26+,27?/m0/s1. The highest BCUT2D eigenvalue weighted by Gasteiger charge is 2.40. The highest BCUT2D eigenvalue weighted by atomic mass is 16.5. The number of nitrogens with one attached hydrogen (secondary N) is 3. The first kappa shape index (κ1) is 29.5. The summed E-state index contributed by atoms with van der Waals surface area (Å²) in [6, 6.07) is 13.6. The third kappa shape index (κ3) is 7.59. The Kier molecular flexibility index (Phi) is 10.5. The van der Waals surface area contributed by atoms with Gasteiger partial charge in [-0.1, -0.05) is 42.5 Å². The van der Waals surface area contributed by atoms with E-state index < -0.39 is 36.3 Å². The quantitative estimate of drug-likeness (QED) is 0.291. The molecule has 1 unspecified atom stereocenters. The Hall–Kier alpha value is -3.47. The smallest absolute Gasteiger partial charge is 0.246 e. The van der Waals surface area contributed by atoms with Crippen LogP contribution in [0.15, 0.2) is 54.6 Å². The van der Waals surface area contributed by atoms with Gasteiger partial charge in [-0.05, 0) is 61.8 Å². The van der Waals surface area contributed by atoms with E-state index >= 15 is 0 Å². The van der Waals surface area contributed by atoms with Gasteiger partial charge in [-0.25, -0.2) is 0 Å². The fraction of sp³-hybridized carbons (Fsp3) is 0.500. The minimum Gasteiger partial charge on any atom is -0.497 e. The van der Waals surface area contributed by atoms with E-state index in [9.17, 15) is 24.6 Å². The van der Waals surface area contributed by atoms with E-state index in [-0.39, 0.29) is 31.3 Å². The number of benzene rings is 2. The first-order chi connectivity index (χ1) is 19.4. The predicted molar refractivity (Wildman–Crippen MR) is 149 cm³/mol. The first-order valence-electron chi connectivity index (χ1n) is 14.0. The van der Waals surface area contributed by atoms with E-state index in [1.807, 2.05) is 42.5 Å². The van der Waals surface area contributed by atoms with Gasteiger partial charge in [0.05, 0.1) is 19.2 Å². The maximum atomic E-state index is 13.9. The van der Waals surface area contributed by atoms with Gasteiger partial charge in [0.2, 0.25) is 17.7 Å². The average molecular weight is 553 g/mol. The van der Waals surface area contributed by atoms with Crippen LogP contribution in [0.25, 0.3) is 0 Å². The van der Waals surface area contributed by atoms with Gasteiger partial charge < -0.3 is 30.5 Å². The molecule has 216 valence electrons. The van der Waals surface area contributed by atoms with E-state index in [2.05, 4.69) is 16.0 Å².